The molecule has 0 radical (unpaired) electrons. The van der Waals surface area contributed by atoms with Crippen molar-refractivity contribution in [1.82, 2.24) is 10.2 Å². The van der Waals surface area contributed by atoms with Crippen LogP contribution in [0.15, 0.2) is 11.6 Å². The molecule has 0 aromatic rings. The Hall–Kier alpha value is -1.65. The van der Waals surface area contributed by atoms with E-state index >= 15 is 0 Å². The van der Waals surface area contributed by atoms with E-state index in [0.29, 0.717) is 25.3 Å². The van der Waals surface area contributed by atoms with Gasteiger partial charge in [0.2, 0.25) is 17.7 Å². The van der Waals surface area contributed by atoms with Crippen LogP contribution >= 0.6 is 0 Å². The first-order chi connectivity index (χ1) is 11.4. The number of likely N-dealkylation sites (tertiary alicyclic amines) is 1. The second-order valence-corrected chi connectivity index (χ2v) is 7.46. The summed E-state index contributed by atoms with van der Waals surface area (Å²) in [6.45, 7) is 6.53. The molecule has 0 aromatic heterocycles. The van der Waals surface area contributed by atoms with Crippen LogP contribution in [0.1, 0.15) is 65.7 Å². The third kappa shape index (κ3) is 5.46. The van der Waals surface area contributed by atoms with Crippen LogP contribution in [-0.2, 0) is 14.4 Å². The van der Waals surface area contributed by atoms with Crippen LogP contribution in [0.2, 0.25) is 0 Å². The number of nitrogens with one attached hydrogen (secondary N) is 1. The predicted molar refractivity (Wildman–Crippen MR) is 93.1 cm³/mol. The number of nitrogens with zero attached hydrogens (tertiary/aromatic N) is 1. The number of hydrogen-bond acceptors (Lipinski definition) is 3. The molecule has 1 saturated heterocycles. The zero-order chi connectivity index (χ0) is 17.7. The van der Waals surface area contributed by atoms with Crippen LogP contribution in [0.3, 0.4) is 0 Å². The van der Waals surface area contributed by atoms with Crippen molar-refractivity contribution in [2.75, 3.05) is 6.54 Å². The lowest BCUT2D eigenvalue weighted by atomic mass is 10.0. The number of unbranched alkanes of at least 4 members (excludes halogenated alkanes) is 2. The van der Waals surface area contributed by atoms with Gasteiger partial charge < -0.3 is 5.32 Å². The minimum atomic E-state index is -0.170. The highest BCUT2D eigenvalue weighted by molar-refractivity contribution is 6.03. The normalized spacial score (nSPS) is 21.4. The summed E-state index contributed by atoms with van der Waals surface area (Å²) in [4.78, 5) is 36.9. The van der Waals surface area contributed by atoms with Crippen LogP contribution in [0.25, 0.3) is 0 Å². The predicted octanol–water partition coefficient (Wildman–Crippen LogP) is 2.80. The van der Waals surface area contributed by atoms with Crippen molar-refractivity contribution < 1.29 is 14.4 Å². The Morgan fingerprint density at radius 1 is 1.25 bits per heavy atom. The second kappa shape index (κ2) is 8.45. The molecule has 2 rings (SSSR count). The van der Waals surface area contributed by atoms with E-state index in [-0.39, 0.29) is 29.7 Å². The van der Waals surface area contributed by atoms with Crippen molar-refractivity contribution >= 4 is 17.7 Å². The van der Waals surface area contributed by atoms with Crippen molar-refractivity contribution in [1.29, 1.82) is 0 Å². The summed E-state index contributed by atoms with van der Waals surface area (Å²) in [6, 6.07) is 0.135. The first-order valence-electron chi connectivity index (χ1n) is 9.21. The standard InChI is InChI=1S/C19H30N2O3/c1-13(2)16(12-15-8-9-15)20-17(22)7-5-4-6-10-21-18(23)11-14(3)19(21)24/h12-14,16H,4-11H2,1-3H3,(H,20,22). The van der Waals surface area contributed by atoms with Gasteiger partial charge >= 0.3 is 0 Å². The van der Waals surface area contributed by atoms with Gasteiger partial charge in [0.1, 0.15) is 0 Å². The lowest BCUT2D eigenvalue weighted by molar-refractivity contribution is -0.139. The van der Waals surface area contributed by atoms with Gasteiger partial charge in [-0.1, -0.05) is 38.8 Å². The topological polar surface area (TPSA) is 66.5 Å². The third-order valence-corrected chi connectivity index (χ3v) is 4.75. The molecule has 0 spiro atoms. The van der Waals surface area contributed by atoms with Crippen molar-refractivity contribution in [3.63, 3.8) is 0 Å². The molecule has 2 atom stereocenters. The van der Waals surface area contributed by atoms with E-state index in [4.69, 9.17) is 0 Å². The lowest BCUT2D eigenvalue weighted by Crippen LogP contribution is -2.37. The lowest BCUT2D eigenvalue weighted by Gasteiger charge is -2.19. The van der Waals surface area contributed by atoms with E-state index in [1.165, 1.54) is 23.3 Å². The maximum atomic E-state index is 12.1. The fraction of sp³-hybridized carbons (Fsp3) is 0.737. The molecule has 5 heteroatoms. The Morgan fingerprint density at radius 2 is 1.96 bits per heavy atom. The van der Waals surface area contributed by atoms with Crippen molar-refractivity contribution in [3.8, 4) is 0 Å². The number of hydrogen-bond donors (Lipinski definition) is 1. The summed E-state index contributed by atoms with van der Waals surface area (Å²) in [5, 5.41) is 3.11. The molecule has 1 aliphatic carbocycles. The molecule has 134 valence electrons. The van der Waals surface area contributed by atoms with Crippen LogP contribution in [-0.4, -0.2) is 35.2 Å². The second-order valence-electron chi connectivity index (χ2n) is 7.46. The Morgan fingerprint density at radius 3 is 2.50 bits per heavy atom. The van der Waals surface area contributed by atoms with E-state index in [2.05, 4.69) is 25.2 Å². The SMILES string of the molecule is CC1CC(=O)N(CCCCCC(=O)NC(C=C2CC2)C(C)C)C1=O. The number of carbonyl (C=O) groups excluding carboxylic acids is 3. The van der Waals surface area contributed by atoms with E-state index < -0.39 is 0 Å². The van der Waals surface area contributed by atoms with E-state index in [9.17, 15) is 14.4 Å². The monoisotopic (exact) mass is 334 g/mol. The van der Waals surface area contributed by atoms with Gasteiger partial charge in [-0.25, -0.2) is 0 Å². The molecule has 0 bridgehead atoms. The quantitative estimate of drug-likeness (QED) is 0.400. The van der Waals surface area contributed by atoms with Gasteiger partial charge in [-0.05, 0) is 31.6 Å². The van der Waals surface area contributed by atoms with Crippen LogP contribution in [0.5, 0.6) is 0 Å². The smallest absolute Gasteiger partial charge is 0.232 e. The average Bonchev–Trinajstić information content (AvgIpc) is 3.29. The van der Waals surface area contributed by atoms with Gasteiger partial charge in [-0.15, -0.1) is 0 Å². The highest BCUT2D eigenvalue weighted by atomic mass is 16.2. The van der Waals surface area contributed by atoms with Gasteiger partial charge in [0.05, 0.1) is 0 Å². The maximum Gasteiger partial charge on any atom is 0.232 e. The molecule has 1 N–H and O–H groups in total. The highest BCUT2D eigenvalue weighted by Gasteiger charge is 2.34. The first kappa shape index (κ1) is 18.7. The number of carbonyl (C=O) groups is 3. The third-order valence-electron chi connectivity index (χ3n) is 4.75. The number of imide groups is 1. The molecule has 5 nitrogen and oxygen atoms in total. The Bertz CT molecular complexity index is 519. The number of amides is 3. The maximum absolute atomic E-state index is 12.1. The Labute approximate surface area is 144 Å². The molecule has 0 aromatic carbocycles. The van der Waals surface area contributed by atoms with Crippen molar-refractivity contribution in [2.24, 2.45) is 11.8 Å². The molecule has 3 amide bonds. The van der Waals surface area contributed by atoms with Gasteiger partial charge in [0, 0.05) is 31.3 Å². The molecule has 2 fully saturated rings. The van der Waals surface area contributed by atoms with Gasteiger partial charge in [-0.3, -0.25) is 19.3 Å². The highest BCUT2D eigenvalue weighted by Crippen LogP contribution is 2.29. The summed E-state index contributed by atoms with van der Waals surface area (Å²) in [6.07, 6.45) is 7.81. The molecule has 24 heavy (non-hydrogen) atoms. The van der Waals surface area contributed by atoms with E-state index in [1.807, 2.05) is 0 Å². The molecule has 1 aliphatic heterocycles. The van der Waals surface area contributed by atoms with E-state index in [0.717, 1.165) is 19.3 Å². The molecule has 1 heterocycles. The minimum absolute atomic E-state index is 0.0503. The van der Waals surface area contributed by atoms with Gasteiger partial charge in [0.25, 0.3) is 0 Å². The zero-order valence-corrected chi connectivity index (χ0v) is 15.1. The Kier molecular flexibility index (Phi) is 6.58. The van der Waals surface area contributed by atoms with Gasteiger partial charge in [0.15, 0.2) is 0 Å². The van der Waals surface area contributed by atoms with Crippen LogP contribution in [0.4, 0.5) is 0 Å². The molecule has 2 unspecified atom stereocenters. The fourth-order valence-corrected chi connectivity index (χ4v) is 2.97. The molecule has 2 aliphatic rings. The number of rotatable bonds is 9. The largest absolute Gasteiger partial charge is 0.350 e. The van der Waals surface area contributed by atoms with Crippen LogP contribution in [0, 0.1) is 11.8 Å². The van der Waals surface area contributed by atoms with E-state index in [1.54, 1.807) is 6.92 Å². The zero-order valence-electron chi connectivity index (χ0n) is 15.1. The van der Waals surface area contributed by atoms with Crippen LogP contribution < -0.4 is 5.32 Å². The summed E-state index contributed by atoms with van der Waals surface area (Å²) >= 11 is 0. The Balaban J connectivity index is 1.61. The summed E-state index contributed by atoms with van der Waals surface area (Å²) in [5.41, 5.74) is 1.45. The first-order valence-corrected chi connectivity index (χ1v) is 9.21. The van der Waals surface area contributed by atoms with Crippen molar-refractivity contribution in [3.05, 3.63) is 11.6 Å². The molecular formula is C19H30N2O3. The van der Waals surface area contributed by atoms with Gasteiger partial charge in [-0.2, -0.15) is 0 Å². The summed E-state index contributed by atoms with van der Waals surface area (Å²) < 4.78 is 0. The fourth-order valence-electron chi connectivity index (χ4n) is 2.97. The minimum Gasteiger partial charge on any atom is -0.350 e. The summed E-state index contributed by atoms with van der Waals surface area (Å²) in [7, 11) is 0. The average molecular weight is 334 g/mol. The number of allylic oxidation sites excluding steroid dienone is 1. The molecular weight excluding hydrogens is 304 g/mol. The van der Waals surface area contributed by atoms with Crippen molar-refractivity contribution in [2.45, 2.75) is 71.8 Å². The molecule has 1 saturated carbocycles. The summed E-state index contributed by atoms with van der Waals surface area (Å²) in [5.74, 6) is 0.213.